The maximum atomic E-state index is 12.9. The van der Waals surface area contributed by atoms with Crippen molar-refractivity contribution < 1.29 is 23.1 Å². The molecule has 1 heterocycles. The summed E-state index contributed by atoms with van der Waals surface area (Å²) in [6, 6.07) is 13.4. The molecule has 1 amide bonds. The van der Waals surface area contributed by atoms with Gasteiger partial charge in [0, 0.05) is 34.0 Å². The van der Waals surface area contributed by atoms with Crippen LogP contribution in [0.25, 0.3) is 0 Å². The molecule has 2 aromatic rings. The van der Waals surface area contributed by atoms with Crippen LogP contribution in [-0.2, 0) is 19.6 Å². The van der Waals surface area contributed by atoms with E-state index in [0.29, 0.717) is 16.5 Å². The lowest BCUT2D eigenvalue weighted by atomic mass is 9.70. The molecule has 1 aliphatic rings. The van der Waals surface area contributed by atoms with Gasteiger partial charge in [-0.2, -0.15) is 0 Å². The van der Waals surface area contributed by atoms with E-state index in [-0.39, 0.29) is 36.1 Å². The van der Waals surface area contributed by atoms with E-state index in [9.17, 15) is 23.1 Å². The van der Waals surface area contributed by atoms with Crippen molar-refractivity contribution in [3.63, 3.8) is 0 Å². The predicted octanol–water partition coefficient (Wildman–Crippen LogP) is 4.62. The van der Waals surface area contributed by atoms with E-state index in [0.717, 1.165) is 17.4 Å². The summed E-state index contributed by atoms with van der Waals surface area (Å²) in [4.78, 5) is 24.3. The zero-order valence-electron chi connectivity index (χ0n) is 19.7. The maximum absolute atomic E-state index is 12.9. The monoisotopic (exact) mass is 540 g/mol. The average Bonchev–Trinajstić information content (AvgIpc) is 2.77. The van der Waals surface area contributed by atoms with Gasteiger partial charge in [-0.15, -0.1) is 0 Å². The fourth-order valence-corrected chi connectivity index (χ4v) is 6.06. The van der Waals surface area contributed by atoms with Crippen LogP contribution in [0.5, 0.6) is 0 Å². The molecule has 2 aromatic carbocycles. The number of sulfonamides is 1. The van der Waals surface area contributed by atoms with Crippen LogP contribution >= 0.6 is 23.2 Å². The Hall–Kier alpha value is -2.13. The molecule has 1 aliphatic heterocycles. The normalized spacial score (nSPS) is 23.2. The fourth-order valence-electron chi connectivity index (χ4n) is 4.92. The molecule has 0 bridgehead atoms. The van der Waals surface area contributed by atoms with Crippen molar-refractivity contribution in [2.45, 2.75) is 44.7 Å². The highest BCUT2D eigenvalue weighted by molar-refractivity contribution is 7.88. The first-order valence-electron chi connectivity index (χ1n) is 11.4. The highest BCUT2D eigenvalue weighted by atomic mass is 35.5. The summed E-state index contributed by atoms with van der Waals surface area (Å²) in [5.41, 5.74) is 1.65. The SMILES string of the molecule is CC(C(NS(C)(=O)=O)c1ccc(Cl)cc1)C(C)[C@@H]1NC(=O)[C@@H](CC(=O)O)C[C@@H]1c1cccc(Cl)c1. The average molecular weight is 541 g/mol. The van der Waals surface area contributed by atoms with E-state index in [1.54, 1.807) is 30.3 Å². The molecule has 3 unspecified atom stereocenters. The minimum absolute atomic E-state index is 0.191. The third-order valence-corrected chi connectivity index (χ3v) is 8.01. The topological polar surface area (TPSA) is 113 Å². The van der Waals surface area contributed by atoms with E-state index in [1.165, 1.54) is 0 Å². The van der Waals surface area contributed by atoms with Gasteiger partial charge in [-0.25, -0.2) is 13.1 Å². The van der Waals surface area contributed by atoms with Crippen LogP contribution in [0.2, 0.25) is 10.0 Å². The smallest absolute Gasteiger partial charge is 0.304 e. The van der Waals surface area contributed by atoms with Gasteiger partial charge in [0.2, 0.25) is 15.9 Å². The molecule has 10 heteroatoms. The quantitative estimate of drug-likeness (QED) is 0.429. The molecule has 190 valence electrons. The second-order valence-corrected chi connectivity index (χ2v) is 12.0. The number of carboxylic acid groups (broad SMARTS) is 1. The predicted molar refractivity (Wildman–Crippen MR) is 137 cm³/mol. The molecule has 7 nitrogen and oxygen atoms in total. The van der Waals surface area contributed by atoms with E-state index in [2.05, 4.69) is 10.0 Å². The Morgan fingerprint density at radius 2 is 1.80 bits per heavy atom. The molecule has 3 N–H and O–H groups in total. The van der Waals surface area contributed by atoms with Crippen LogP contribution in [0, 0.1) is 17.8 Å². The summed E-state index contributed by atoms with van der Waals surface area (Å²) in [5.74, 6) is -2.64. The molecule has 35 heavy (non-hydrogen) atoms. The molecule has 1 saturated heterocycles. The number of carboxylic acids is 1. The molecule has 0 radical (unpaired) electrons. The van der Waals surface area contributed by atoms with E-state index in [1.807, 2.05) is 32.0 Å². The molecule has 0 aliphatic carbocycles. The Morgan fingerprint density at radius 3 is 2.37 bits per heavy atom. The van der Waals surface area contributed by atoms with Crippen LogP contribution in [0.1, 0.15) is 49.8 Å². The maximum Gasteiger partial charge on any atom is 0.304 e. The number of hydrogen-bond donors (Lipinski definition) is 3. The lowest BCUT2D eigenvalue weighted by Gasteiger charge is -2.43. The zero-order valence-corrected chi connectivity index (χ0v) is 22.1. The molecule has 6 atom stereocenters. The first kappa shape index (κ1) is 27.5. The summed E-state index contributed by atoms with van der Waals surface area (Å²) >= 11 is 12.3. The Balaban J connectivity index is 1.98. The minimum Gasteiger partial charge on any atom is -0.481 e. The molecule has 1 fully saturated rings. The van der Waals surface area contributed by atoms with Gasteiger partial charge in [0.25, 0.3) is 0 Å². The molecular weight excluding hydrogens is 511 g/mol. The third-order valence-electron chi connectivity index (χ3n) is 6.84. The van der Waals surface area contributed by atoms with Crippen molar-refractivity contribution in [3.05, 3.63) is 69.7 Å². The fraction of sp³-hybridized carbons (Fsp3) is 0.440. The van der Waals surface area contributed by atoms with E-state index < -0.39 is 28.0 Å². The van der Waals surface area contributed by atoms with Gasteiger partial charge < -0.3 is 10.4 Å². The summed E-state index contributed by atoms with van der Waals surface area (Å²) in [5, 5.41) is 13.4. The lowest BCUT2D eigenvalue weighted by molar-refractivity contribution is -0.142. The molecule has 0 saturated carbocycles. The van der Waals surface area contributed by atoms with Crippen LogP contribution in [0.3, 0.4) is 0 Å². The number of rotatable bonds is 9. The Morgan fingerprint density at radius 1 is 1.14 bits per heavy atom. The van der Waals surface area contributed by atoms with Crippen molar-refractivity contribution in [1.82, 2.24) is 10.0 Å². The Labute approximate surface area is 216 Å². The van der Waals surface area contributed by atoms with Crippen molar-refractivity contribution in [3.8, 4) is 0 Å². The van der Waals surface area contributed by atoms with Crippen LogP contribution in [0.15, 0.2) is 48.5 Å². The van der Waals surface area contributed by atoms with E-state index >= 15 is 0 Å². The number of nitrogens with one attached hydrogen (secondary N) is 2. The summed E-state index contributed by atoms with van der Waals surface area (Å²) in [7, 11) is -3.55. The first-order chi connectivity index (χ1) is 16.4. The molecule has 0 spiro atoms. The van der Waals surface area contributed by atoms with Gasteiger partial charge in [0.1, 0.15) is 0 Å². The molecule has 0 aromatic heterocycles. The van der Waals surface area contributed by atoms with Crippen molar-refractivity contribution in [2.75, 3.05) is 6.26 Å². The zero-order chi connectivity index (χ0) is 25.9. The van der Waals surface area contributed by atoms with Gasteiger partial charge in [-0.05, 0) is 53.6 Å². The second-order valence-electron chi connectivity index (χ2n) is 9.36. The number of hydrogen-bond acceptors (Lipinski definition) is 4. The molecule has 3 rings (SSSR count). The lowest BCUT2D eigenvalue weighted by Crippen LogP contribution is -2.54. The standard InChI is InChI=1S/C25H30Cl2N2O5S/c1-14(23(29-35(3,33)34)16-7-9-19(26)10-8-16)15(2)24-21(17-5-4-6-20(27)11-17)12-18(13-22(30)31)25(32)28-24/h4-11,14-15,18,21,23-24,29H,12-13H2,1-3H3,(H,28,32)(H,30,31)/t14?,15?,18-,21-,23?,24+/m1/s1. The number of benzene rings is 2. The van der Waals surface area contributed by atoms with Crippen molar-refractivity contribution >= 4 is 45.1 Å². The number of halogens is 2. The largest absolute Gasteiger partial charge is 0.481 e. The summed E-state index contributed by atoms with van der Waals surface area (Å²) in [6.45, 7) is 3.91. The first-order valence-corrected chi connectivity index (χ1v) is 14.0. The third kappa shape index (κ3) is 7.19. The number of carbonyl (C=O) groups excluding carboxylic acids is 1. The Bertz CT molecular complexity index is 1170. The highest BCUT2D eigenvalue weighted by Crippen LogP contribution is 2.41. The second kappa shape index (κ2) is 11.3. The summed E-state index contributed by atoms with van der Waals surface area (Å²) < 4.78 is 27.2. The van der Waals surface area contributed by atoms with E-state index in [4.69, 9.17) is 23.2 Å². The van der Waals surface area contributed by atoms with Crippen molar-refractivity contribution in [1.29, 1.82) is 0 Å². The van der Waals surface area contributed by atoms with Gasteiger partial charge >= 0.3 is 5.97 Å². The summed E-state index contributed by atoms with van der Waals surface area (Å²) in [6.07, 6.45) is 1.20. The van der Waals surface area contributed by atoms with Crippen LogP contribution in [-0.4, -0.2) is 37.7 Å². The number of aliphatic carboxylic acids is 1. The number of carbonyl (C=O) groups is 2. The van der Waals surface area contributed by atoms with Gasteiger partial charge in [0.05, 0.1) is 12.7 Å². The van der Waals surface area contributed by atoms with Gasteiger partial charge in [-0.3, -0.25) is 9.59 Å². The number of piperidine rings is 1. The van der Waals surface area contributed by atoms with Gasteiger partial charge in [-0.1, -0.05) is 61.3 Å². The van der Waals surface area contributed by atoms with Crippen LogP contribution < -0.4 is 10.0 Å². The number of amides is 1. The highest BCUT2D eigenvalue weighted by Gasteiger charge is 2.42. The van der Waals surface area contributed by atoms with Crippen LogP contribution in [0.4, 0.5) is 0 Å². The van der Waals surface area contributed by atoms with Gasteiger partial charge in [0.15, 0.2) is 0 Å². The molecular formula is C25H30Cl2N2O5S. The minimum atomic E-state index is -3.55. The van der Waals surface area contributed by atoms with Crippen molar-refractivity contribution in [2.24, 2.45) is 17.8 Å². The Kier molecular flexibility index (Phi) is 8.86.